The molecule has 2 aliphatic heterocycles. The number of amides is 1. The number of nitrogen functional groups attached to an aromatic ring is 1. The molecule has 1 fully saturated rings. The summed E-state index contributed by atoms with van der Waals surface area (Å²) < 4.78 is 4.07. The van der Waals surface area contributed by atoms with Crippen molar-refractivity contribution in [2.75, 3.05) is 5.75 Å². The number of aromatic nitrogens is 2. The fourth-order valence-electron chi connectivity index (χ4n) is 4.01. The molecule has 10 heteroatoms. The minimum Gasteiger partial charge on any atom is -0.543 e. The first-order valence-electron chi connectivity index (χ1n) is 9.67. The fourth-order valence-corrected chi connectivity index (χ4v) is 6.14. The number of thioether (sulfide) groups is 1. The molecule has 158 valence electrons. The van der Waals surface area contributed by atoms with E-state index in [1.54, 1.807) is 23.1 Å². The molecule has 0 spiro atoms. The summed E-state index contributed by atoms with van der Waals surface area (Å²) in [5.41, 5.74) is 8.06. The van der Waals surface area contributed by atoms with Gasteiger partial charge in [0.05, 0.1) is 40.9 Å². The molecule has 5 heterocycles. The molecule has 3 N–H and O–H groups in total. The average molecular weight is 454 g/mol. The Hall–Kier alpha value is -3.11. The molecule has 0 bridgehead atoms. The number of pyridine rings is 1. The van der Waals surface area contributed by atoms with Gasteiger partial charge in [0.15, 0.2) is 18.9 Å². The van der Waals surface area contributed by atoms with Crippen molar-refractivity contribution in [3.8, 4) is 0 Å². The van der Waals surface area contributed by atoms with E-state index < -0.39 is 5.97 Å². The van der Waals surface area contributed by atoms with Gasteiger partial charge in [-0.1, -0.05) is 0 Å². The number of nitrogens with zero attached hydrogens (tertiary/aromatic N) is 3. The number of carboxylic acids is 1. The lowest BCUT2D eigenvalue weighted by Gasteiger charge is -2.45. The molecular formula is C21H19N5O3S2. The van der Waals surface area contributed by atoms with Gasteiger partial charge in [-0.3, -0.25) is 15.1 Å². The highest BCUT2D eigenvalue weighted by molar-refractivity contribution is 8.00. The lowest BCUT2D eigenvalue weighted by Crippen LogP contribution is -2.56. The van der Waals surface area contributed by atoms with Crippen molar-refractivity contribution in [1.29, 1.82) is 5.41 Å². The van der Waals surface area contributed by atoms with E-state index in [-0.39, 0.29) is 22.8 Å². The van der Waals surface area contributed by atoms with E-state index in [0.717, 1.165) is 21.3 Å². The molecule has 1 atom stereocenters. The van der Waals surface area contributed by atoms with E-state index in [1.807, 2.05) is 46.7 Å². The van der Waals surface area contributed by atoms with Gasteiger partial charge in [0.2, 0.25) is 5.91 Å². The quantitative estimate of drug-likeness (QED) is 0.246. The number of hydrogen-bond donors (Lipinski definition) is 2. The minimum absolute atomic E-state index is 0.0316. The molecule has 8 nitrogen and oxygen atoms in total. The number of carbonyl (C=O) groups excluding carboxylic acids is 2. The van der Waals surface area contributed by atoms with E-state index in [4.69, 9.17) is 11.1 Å². The highest BCUT2D eigenvalue weighted by Gasteiger charge is 2.43. The Kier molecular flexibility index (Phi) is 4.82. The zero-order chi connectivity index (χ0) is 21.7. The van der Waals surface area contributed by atoms with Crippen molar-refractivity contribution < 1.29 is 19.3 Å². The second kappa shape index (κ2) is 7.54. The second-order valence-corrected chi connectivity index (χ2v) is 9.75. The summed E-state index contributed by atoms with van der Waals surface area (Å²) in [5, 5.41) is 22.1. The van der Waals surface area contributed by atoms with Crippen LogP contribution in [0.25, 0.3) is 10.9 Å². The summed E-state index contributed by atoms with van der Waals surface area (Å²) in [6.07, 6.45) is 6.30. The number of aliphatic carboxylic acids is 1. The number of carbonyl (C=O) groups is 2. The van der Waals surface area contributed by atoms with Gasteiger partial charge in [-0.25, -0.2) is 4.57 Å². The molecule has 1 amide bonds. The first-order chi connectivity index (χ1) is 14.9. The van der Waals surface area contributed by atoms with Gasteiger partial charge in [-0.05, 0) is 12.1 Å². The van der Waals surface area contributed by atoms with Crippen molar-refractivity contribution in [2.24, 2.45) is 5.73 Å². The number of nitrogens with two attached hydrogens (primary N) is 1. The van der Waals surface area contributed by atoms with Gasteiger partial charge in [-0.2, -0.15) is 0 Å². The number of carboxylic acid groups (broad SMARTS) is 1. The topological polar surface area (TPSA) is 119 Å². The number of fused-ring (bicyclic) bond motifs is 2. The maximum Gasteiger partial charge on any atom is 0.230 e. The number of amidine groups is 1. The largest absolute Gasteiger partial charge is 0.543 e. The van der Waals surface area contributed by atoms with Crippen LogP contribution in [0, 0.1) is 5.41 Å². The molecular weight excluding hydrogens is 434 g/mol. The van der Waals surface area contributed by atoms with Crippen LogP contribution in [0.5, 0.6) is 0 Å². The van der Waals surface area contributed by atoms with Crippen molar-refractivity contribution in [3.63, 3.8) is 0 Å². The number of thiophene rings is 1. The number of β-lactam (4-membered cyclic amide) rings is 1. The van der Waals surface area contributed by atoms with Crippen LogP contribution in [0.1, 0.15) is 16.9 Å². The van der Waals surface area contributed by atoms with Gasteiger partial charge in [0.1, 0.15) is 5.84 Å². The van der Waals surface area contributed by atoms with E-state index in [1.165, 1.54) is 4.90 Å². The molecule has 1 unspecified atom stereocenters. The predicted molar refractivity (Wildman–Crippen MR) is 116 cm³/mol. The van der Waals surface area contributed by atoms with Crippen LogP contribution in [0.3, 0.4) is 0 Å². The van der Waals surface area contributed by atoms with Crippen molar-refractivity contribution in [3.05, 3.63) is 63.9 Å². The van der Waals surface area contributed by atoms with Crippen LogP contribution in [-0.2, 0) is 22.7 Å². The summed E-state index contributed by atoms with van der Waals surface area (Å²) in [7, 11) is 0. The van der Waals surface area contributed by atoms with E-state index in [9.17, 15) is 14.7 Å². The van der Waals surface area contributed by atoms with Crippen molar-refractivity contribution in [2.45, 2.75) is 24.9 Å². The lowest BCUT2D eigenvalue weighted by molar-refractivity contribution is -0.687. The monoisotopic (exact) mass is 453 g/mol. The number of hydrogen-bond acceptors (Lipinski definition) is 6. The van der Waals surface area contributed by atoms with Gasteiger partial charge >= 0.3 is 0 Å². The third-order valence-electron chi connectivity index (χ3n) is 5.56. The third-order valence-corrected chi connectivity index (χ3v) is 7.76. The molecule has 0 saturated carbocycles. The van der Waals surface area contributed by atoms with Crippen LogP contribution < -0.4 is 15.4 Å². The zero-order valence-electron chi connectivity index (χ0n) is 16.4. The first-order valence-corrected chi connectivity index (χ1v) is 11.6. The van der Waals surface area contributed by atoms with Gasteiger partial charge in [0.25, 0.3) is 0 Å². The SMILES string of the molecule is N=C(N)c1csc(Cn2ccc3c[n+](CC4=C(C(=O)[O-])N5C(=O)CC5SC4)ccc32)c1. The molecule has 3 aromatic heterocycles. The Morgan fingerprint density at radius 1 is 1.39 bits per heavy atom. The second-order valence-electron chi connectivity index (χ2n) is 7.59. The Bertz CT molecular complexity index is 1280. The Morgan fingerprint density at radius 2 is 2.23 bits per heavy atom. The Labute approximate surface area is 186 Å². The third kappa shape index (κ3) is 3.51. The maximum absolute atomic E-state index is 11.9. The molecule has 31 heavy (non-hydrogen) atoms. The smallest absolute Gasteiger partial charge is 0.230 e. The fraction of sp³-hybridized carbons (Fsp3) is 0.238. The standard InChI is InChI=1S/C21H19N5O3S2/c22-20(23)13-5-15(30-10-13)9-25-4-1-12-7-24(3-2-16(12)25)8-14-11-31-18-6-17(27)26(18)19(14)21(28)29/h1-5,7,10,18H,6,8-9,11H2,(H3-,22,23,28,29). The minimum atomic E-state index is -1.29. The summed E-state index contributed by atoms with van der Waals surface area (Å²) in [6, 6.07) is 5.95. The molecule has 0 aliphatic carbocycles. The number of nitrogens with one attached hydrogen (secondary N) is 1. The first kappa shape index (κ1) is 19.8. The van der Waals surface area contributed by atoms with E-state index >= 15 is 0 Å². The van der Waals surface area contributed by atoms with E-state index in [2.05, 4.69) is 4.57 Å². The van der Waals surface area contributed by atoms with Crippen molar-refractivity contribution >= 4 is 51.7 Å². The average Bonchev–Trinajstić information content (AvgIpc) is 3.35. The van der Waals surface area contributed by atoms with Gasteiger partial charge < -0.3 is 20.2 Å². The molecule has 5 rings (SSSR count). The van der Waals surface area contributed by atoms with Crippen LogP contribution in [-0.4, -0.2) is 38.3 Å². The van der Waals surface area contributed by atoms with Gasteiger partial charge in [0, 0.05) is 39.4 Å². The normalized spacial score (nSPS) is 18.3. The summed E-state index contributed by atoms with van der Waals surface area (Å²) in [6.45, 7) is 1.07. The summed E-state index contributed by atoms with van der Waals surface area (Å²) in [4.78, 5) is 26.1. The predicted octanol–water partition coefficient (Wildman–Crippen LogP) is 0.632. The van der Waals surface area contributed by atoms with E-state index in [0.29, 0.717) is 30.8 Å². The van der Waals surface area contributed by atoms with Crippen LogP contribution in [0.2, 0.25) is 0 Å². The molecule has 2 aliphatic rings. The van der Waals surface area contributed by atoms with Crippen LogP contribution in [0.4, 0.5) is 0 Å². The summed E-state index contributed by atoms with van der Waals surface area (Å²) >= 11 is 3.17. The van der Waals surface area contributed by atoms with Crippen LogP contribution in [0.15, 0.2) is 53.4 Å². The molecule has 0 aromatic carbocycles. The lowest BCUT2D eigenvalue weighted by atomic mass is 10.1. The molecule has 1 saturated heterocycles. The molecule has 3 aromatic rings. The maximum atomic E-state index is 11.9. The summed E-state index contributed by atoms with van der Waals surface area (Å²) in [5.74, 6) is -0.811. The Balaban J connectivity index is 1.40. The van der Waals surface area contributed by atoms with Crippen LogP contribution >= 0.6 is 23.1 Å². The van der Waals surface area contributed by atoms with Crippen molar-refractivity contribution in [1.82, 2.24) is 9.47 Å². The highest BCUT2D eigenvalue weighted by atomic mass is 32.2. The number of rotatable bonds is 6. The highest BCUT2D eigenvalue weighted by Crippen LogP contribution is 2.39. The zero-order valence-corrected chi connectivity index (χ0v) is 18.0. The van der Waals surface area contributed by atoms with Gasteiger partial charge in [-0.15, -0.1) is 23.1 Å². The Morgan fingerprint density at radius 3 is 2.94 bits per heavy atom. The molecule has 0 radical (unpaired) electrons.